The highest BCUT2D eigenvalue weighted by atomic mass is 16.1. The Bertz CT molecular complexity index is 378. The molecule has 0 saturated heterocycles. The summed E-state index contributed by atoms with van der Waals surface area (Å²) >= 11 is 0. The molecule has 0 fully saturated rings. The van der Waals surface area contributed by atoms with Gasteiger partial charge in [0.1, 0.15) is 5.82 Å². The highest BCUT2D eigenvalue weighted by molar-refractivity contribution is 5.92. The lowest BCUT2D eigenvalue weighted by Crippen LogP contribution is -2.16. The summed E-state index contributed by atoms with van der Waals surface area (Å²) in [5.41, 5.74) is 5.48. The van der Waals surface area contributed by atoms with Gasteiger partial charge in [-0.3, -0.25) is 4.79 Å². The monoisotopic (exact) mass is 203 g/mol. The topological polar surface area (TPSA) is 68.0 Å². The maximum atomic E-state index is 10.8. The number of amides is 1. The van der Waals surface area contributed by atoms with E-state index in [1.54, 1.807) is 12.1 Å². The molecule has 0 aliphatic carbocycles. The van der Waals surface area contributed by atoms with Gasteiger partial charge in [-0.1, -0.05) is 0 Å². The van der Waals surface area contributed by atoms with Crippen LogP contribution in [0.2, 0.25) is 0 Å². The minimum atomic E-state index is -0.481. The molecular weight excluding hydrogens is 190 g/mol. The van der Waals surface area contributed by atoms with E-state index in [1.165, 1.54) is 6.20 Å². The SMILES string of the molecule is C#CCC(C)Nc1ccc(C(N)=O)cn1. The van der Waals surface area contributed by atoms with Gasteiger partial charge in [-0.2, -0.15) is 0 Å². The molecule has 1 amide bonds. The number of hydrogen-bond acceptors (Lipinski definition) is 3. The number of terminal acetylenes is 1. The van der Waals surface area contributed by atoms with Gasteiger partial charge < -0.3 is 11.1 Å². The maximum absolute atomic E-state index is 10.8. The van der Waals surface area contributed by atoms with Gasteiger partial charge >= 0.3 is 0 Å². The molecule has 0 aromatic carbocycles. The predicted molar refractivity (Wildman–Crippen MR) is 59.3 cm³/mol. The third kappa shape index (κ3) is 3.31. The molecule has 0 radical (unpaired) electrons. The van der Waals surface area contributed by atoms with Crippen LogP contribution in [0.3, 0.4) is 0 Å². The first-order valence-corrected chi connectivity index (χ1v) is 4.59. The highest BCUT2D eigenvalue weighted by Crippen LogP contribution is 2.07. The molecule has 0 aliphatic rings. The van der Waals surface area contributed by atoms with E-state index >= 15 is 0 Å². The Hall–Kier alpha value is -2.02. The lowest BCUT2D eigenvalue weighted by molar-refractivity contribution is 0.1000. The van der Waals surface area contributed by atoms with E-state index in [0.29, 0.717) is 17.8 Å². The van der Waals surface area contributed by atoms with Gasteiger partial charge in [0, 0.05) is 18.7 Å². The quantitative estimate of drug-likeness (QED) is 0.717. The second-order valence-electron chi connectivity index (χ2n) is 3.25. The van der Waals surface area contributed by atoms with E-state index in [-0.39, 0.29) is 6.04 Å². The van der Waals surface area contributed by atoms with Crippen molar-refractivity contribution in [1.29, 1.82) is 0 Å². The largest absolute Gasteiger partial charge is 0.367 e. The molecule has 4 heteroatoms. The number of primary amides is 1. The molecule has 0 saturated carbocycles. The van der Waals surface area contributed by atoms with Crippen molar-refractivity contribution in [3.8, 4) is 12.3 Å². The van der Waals surface area contributed by atoms with Gasteiger partial charge in [0.25, 0.3) is 0 Å². The van der Waals surface area contributed by atoms with E-state index in [2.05, 4.69) is 16.2 Å². The lowest BCUT2D eigenvalue weighted by atomic mass is 10.2. The molecule has 15 heavy (non-hydrogen) atoms. The van der Waals surface area contributed by atoms with Gasteiger partial charge in [-0.15, -0.1) is 12.3 Å². The molecule has 78 valence electrons. The summed E-state index contributed by atoms with van der Waals surface area (Å²) in [5, 5.41) is 3.10. The summed E-state index contributed by atoms with van der Waals surface area (Å²) in [7, 11) is 0. The van der Waals surface area contributed by atoms with Crippen LogP contribution in [-0.4, -0.2) is 16.9 Å². The minimum Gasteiger partial charge on any atom is -0.367 e. The van der Waals surface area contributed by atoms with Crippen LogP contribution in [0, 0.1) is 12.3 Å². The molecule has 1 aromatic rings. The fourth-order valence-corrected chi connectivity index (χ4v) is 1.11. The first-order chi connectivity index (χ1) is 7.13. The predicted octanol–water partition coefficient (Wildman–Crippen LogP) is 1.00. The number of nitrogens with two attached hydrogens (primary N) is 1. The number of nitrogens with zero attached hydrogens (tertiary/aromatic N) is 1. The first-order valence-electron chi connectivity index (χ1n) is 4.59. The van der Waals surface area contributed by atoms with Gasteiger partial charge in [0.2, 0.25) is 5.91 Å². The van der Waals surface area contributed by atoms with Crippen LogP contribution in [-0.2, 0) is 0 Å². The van der Waals surface area contributed by atoms with Crippen molar-refractivity contribution < 1.29 is 4.79 Å². The molecule has 1 heterocycles. The number of aromatic nitrogens is 1. The Balaban J connectivity index is 2.65. The van der Waals surface area contributed by atoms with Gasteiger partial charge in [0.15, 0.2) is 0 Å². The summed E-state index contributed by atoms with van der Waals surface area (Å²) in [4.78, 5) is 14.8. The standard InChI is InChI=1S/C11H13N3O/c1-3-4-8(2)14-10-6-5-9(7-13-10)11(12)15/h1,5-8H,4H2,2H3,(H2,12,15)(H,13,14). The average molecular weight is 203 g/mol. The fraction of sp³-hybridized carbons (Fsp3) is 0.273. The molecule has 1 atom stereocenters. The smallest absolute Gasteiger partial charge is 0.250 e. The van der Waals surface area contributed by atoms with Crippen LogP contribution in [0.15, 0.2) is 18.3 Å². The molecule has 1 aromatic heterocycles. The number of anilines is 1. The van der Waals surface area contributed by atoms with E-state index in [4.69, 9.17) is 12.2 Å². The molecule has 1 unspecified atom stereocenters. The number of rotatable bonds is 4. The normalized spacial score (nSPS) is 11.5. The summed E-state index contributed by atoms with van der Waals surface area (Å²) in [5.74, 6) is 2.76. The number of nitrogens with one attached hydrogen (secondary N) is 1. The number of carbonyl (C=O) groups excluding carboxylic acids is 1. The fourth-order valence-electron chi connectivity index (χ4n) is 1.11. The summed E-state index contributed by atoms with van der Waals surface area (Å²) in [6.07, 6.45) is 7.24. The third-order valence-electron chi connectivity index (χ3n) is 1.87. The molecule has 0 spiro atoms. The van der Waals surface area contributed by atoms with E-state index in [1.807, 2.05) is 6.92 Å². The van der Waals surface area contributed by atoms with Gasteiger partial charge in [-0.05, 0) is 19.1 Å². The number of hydrogen-bond donors (Lipinski definition) is 2. The molecule has 4 nitrogen and oxygen atoms in total. The Morgan fingerprint density at radius 3 is 2.93 bits per heavy atom. The van der Waals surface area contributed by atoms with Crippen LogP contribution >= 0.6 is 0 Å². The Kier molecular flexibility index (Phi) is 3.69. The molecule has 1 rings (SSSR count). The van der Waals surface area contributed by atoms with Crippen molar-refractivity contribution in [3.63, 3.8) is 0 Å². The Morgan fingerprint density at radius 2 is 2.47 bits per heavy atom. The van der Waals surface area contributed by atoms with Crippen LogP contribution < -0.4 is 11.1 Å². The van der Waals surface area contributed by atoms with Crippen molar-refractivity contribution in [2.75, 3.05) is 5.32 Å². The number of pyridine rings is 1. The molecule has 0 aliphatic heterocycles. The van der Waals surface area contributed by atoms with Crippen LogP contribution in [0.5, 0.6) is 0 Å². The second kappa shape index (κ2) is 5.01. The minimum absolute atomic E-state index is 0.155. The lowest BCUT2D eigenvalue weighted by Gasteiger charge is -2.11. The van der Waals surface area contributed by atoms with E-state index in [0.717, 1.165) is 0 Å². The Labute approximate surface area is 88.9 Å². The van der Waals surface area contributed by atoms with E-state index < -0.39 is 5.91 Å². The number of carbonyl (C=O) groups is 1. The van der Waals surface area contributed by atoms with Gasteiger partial charge in [0.05, 0.1) is 5.56 Å². The van der Waals surface area contributed by atoms with Crippen molar-refractivity contribution in [1.82, 2.24) is 4.98 Å². The summed E-state index contributed by atoms with van der Waals surface area (Å²) < 4.78 is 0. The van der Waals surface area contributed by atoms with Crippen molar-refractivity contribution in [2.24, 2.45) is 5.73 Å². The van der Waals surface area contributed by atoms with Crippen molar-refractivity contribution >= 4 is 11.7 Å². The average Bonchev–Trinajstić information content (AvgIpc) is 2.18. The zero-order valence-corrected chi connectivity index (χ0v) is 8.53. The zero-order chi connectivity index (χ0) is 11.3. The summed E-state index contributed by atoms with van der Waals surface area (Å²) in [6.45, 7) is 1.96. The molecular formula is C11H13N3O. The molecule has 0 bridgehead atoms. The first kappa shape index (κ1) is 11.1. The van der Waals surface area contributed by atoms with Crippen molar-refractivity contribution in [2.45, 2.75) is 19.4 Å². The van der Waals surface area contributed by atoms with Crippen LogP contribution in [0.25, 0.3) is 0 Å². The molecule has 3 N–H and O–H groups in total. The third-order valence-corrected chi connectivity index (χ3v) is 1.87. The second-order valence-corrected chi connectivity index (χ2v) is 3.25. The summed E-state index contributed by atoms with van der Waals surface area (Å²) in [6, 6.07) is 3.48. The van der Waals surface area contributed by atoms with Crippen molar-refractivity contribution in [3.05, 3.63) is 23.9 Å². The maximum Gasteiger partial charge on any atom is 0.250 e. The van der Waals surface area contributed by atoms with Crippen LogP contribution in [0.4, 0.5) is 5.82 Å². The van der Waals surface area contributed by atoms with Crippen LogP contribution in [0.1, 0.15) is 23.7 Å². The van der Waals surface area contributed by atoms with E-state index in [9.17, 15) is 4.79 Å². The highest BCUT2D eigenvalue weighted by Gasteiger charge is 2.03. The Morgan fingerprint density at radius 1 is 1.73 bits per heavy atom. The van der Waals surface area contributed by atoms with Gasteiger partial charge in [-0.25, -0.2) is 4.98 Å². The zero-order valence-electron chi connectivity index (χ0n) is 8.53.